The molecule has 0 bridgehead atoms. The molecule has 130 valence electrons. The average molecular weight is 331 g/mol. The van der Waals surface area contributed by atoms with Crippen LogP contribution < -0.4 is 5.32 Å². The van der Waals surface area contributed by atoms with E-state index in [0.717, 1.165) is 17.8 Å². The van der Waals surface area contributed by atoms with Crippen molar-refractivity contribution in [3.63, 3.8) is 0 Å². The van der Waals surface area contributed by atoms with Crippen LogP contribution in [0.3, 0.4) is 0 Å². The number of nitrogens with zero attached hydrogens (tertiary/aromatic N) is 4. The Hall–Kier alpha value is -2.02. The normalized spacial score (nSPS) is 21.1. The van der Waals surface area contributed by atoms with Crippen LogP contribution in [-0.2, 0) is 4.74 Å². The van der Waals surface area contributed by atoms with Gasteiger partial charge >= 0.3 is 0 Å². The topological polar surface area (TPSA) is 81.4 Å². The van der Waals surface area contributed by atoms with Gasteiger partial charge in [-0.2, -0.15) is 4.98 Å². The Morgan fingerprint density at radius 2 is 2.12 bits per heavy atom. The molecule has 1 fully saturated rings. The van der Waals surface area contributed by atoms with Crippen molar-refractivity contribution in [1.82, 2.24) is 24.9 Å². The highest BCUT2D eigenvalue weighted by molar-refractivity contribution is 5.90. The summed E-state index contributed by atoms with van der Waals surface area (Å²) in [6.07, 6.45) is 5.20. The fourth-order valence-corrected chi connectivity index (χ4v) is 3.25. The maximum Gasteiger partial charge on any atom is 0.291 e. The lowest BCUT2D eigenvalue weighted by atomic mass is 9.88. The van der Waals surface area contributed by atoms with Crippen LogP contribution in [0.4, 0.5) is 0 Å². The van der Waals surface area contributed by atoms with E-state index in [9.17, 15) is 4.79 Å². The second kappa shape index (κ2) is 7.25. The van der Waals surface area contributed by atoms with E-state index in [1.54, 1.807) is 4.52 Å². The minimum atomic E-state index is -0.294. The molecule has 0 unspecified atom stereocenters. The molecule has 0 aliphatic heterocycles. The SMILES string of the molecule is Cc1cc(C)n2nc(C(=O)NCCO[C@H]3CCCC[C@@H]3C)nc2n1. The highest BCUT2D eigenvalue weighted by Gasteiger charge is 2.21. The van der Waals surface area contributed by atoms with Crippen LogP contribution in [0, 0.1) is 19.8 Å². The van der Waals surface area contributed by atoms with E-state index < -0.39 is 0 Å². The van der Waals surface area contributed by atoms with Crippen molar-refractivity contribution in [3.05, 3.63) is 23.3 Å². The number of hydrogen-bond acceptors (Lipinski definition) is 5. The molecule has 0 saturated heterocycles. The summed E-state index contributed by atoms with van der Waals surface area (Å²) in [6.45, 7) is 7.02. The minimum absolute atomic E-state index is 0.141. The molecule has 0 aromatic carbocycles. The first-order valence-electron chi connectivity index (χ1n) is 8.65. The number of amides is 1. The number of ether oxygens (including phenoxy) is 1. The van der Waals surface area contributed by atoms with Crippen molar-refractivity contribution < 1.29 is 9.53 Å². The number of fused-ring (bicyclic) bond motifs is 1. The lowest BCUT2D eigenvalue weighted by Gasteiger charge is -2.28. The van der Waals surface area contributed by atoms with E-state index in [-0.39, 0.29) is 11.7 Å². The van der Waals surface area contributed by atoms with Crippen molar-refractivity contribution in [1.29, 1.82) is 0 Å². The van der Waals surface area contributed by atoms with E-state index in [2.05, 4.69) is 27.3 Å². The third-order valence-electron chi connectivity index (χ3n) is 4.57. The van der Waals surface area contributed by atoms with Gasteiger partial charge in [-0.05, 0) is 38.7 Å². The van der Waals surface area contributed by atoms with Crippen LogP contribution in [-0.4, -0.2) is 44.7 Å². The summed E-state index contributed by atoms with van der Waals surface area (Å²) in [5, 5.41) is 7.04. The molecule has 3 rings (SSSR count). The van der Waals surface area contributed by atoms with Crippen molar-refractivity contribution >= 4 is 11.7 Å². The van der Waals surface area contributed by atoms with Gasteiger partial charge in [-0.1, -0.05) is 19.8 Å². The van der Waals surface area contributed by atoms with Crippen molar-refractivity contribution in [2.75, 3.05) is 13.2 Å². The molecule has 0 spiro atoms. The van der Waals surface area contributed by atoms with Crippen LogP contribution in [0.2, 0.25) is 0 Å². The summed E-state index contributed by atoms with van der Waals surface area (Å²) in [6, 6.07) is 1.91. The van der Waals surface area contributed by atoms with E-state index in [4.69, 9.17) is 4.74 Å². The zero-order chi connectivity index (χ0) is 17.1. The quantitative estimate of drug-likeness (QED) is 0.848. The minimum Gasteiger partial charge on any atom is -0.376 e. The molecule has 2 heterocycles. The van der Waals surface area contributed by atoms with Gasteiger partial charge in [-0.25, -0.2) is 9.50 Å². The first kappa shape index (κ1) is 16.8. The maximum atomic E-state index is 12.2. The molecule has 7 nitrogen and oxygen atoms in total. The Morgan fingerprint density at radius 3 is 2.92 bits per heavy atom. The first-order chi connectivity index (χ1) is 11.5. The Morgan fingerprint density at radius 1 is 1.33 bits per heavy atom. The standard InChI is InChI=1S/C17H25N5O2/c1-11-6-4-5-7-14(11)24-9-8-18-16(23)15-20-17-19-12(2)10-13(3)22(17)21-15/h10-11,14H,4-9H2,1-3H3,(H,18,23)/t11-,14-/m0/s1. The summed E-state index contributed by atoms with van der Waals surface area (Å²) in [5.41, 5.74) is 1.76. The van der Waals surface area contributed by atoms with Gasteiger partial charge in [0.15, 0.2) is 0 Å². The average Bonchev–Trinajstić information content (AvgIpc) is 2.97. The van der Waals surface area contributed by atoms with Crippen LogP contribution in [0.15, 0.2) is 6.07 Å². The summed E-state index contributed by atoms with van der Waals surface area (Å²) in [4.78, 5) is 20.7. The zero-order valence-electron chi connectivity index (χ0n) is 14.6. The van der Waals surface area contributed by atoms with Gasteiger partial charge in [0.05, 0.1) is 12.7 Å². The molecule has 1 N–H and O–H groups in total. The van der Waals surface area contributed by atoms with Crippen molar-refractivity contribution in [2.45, 2.75) is 52.6 Å². The van der Waals surface area contributed by atoms with E-state index in [0.29, 0.717) is 31.0 Å². The van der Waals surface area contributed by atoms with Gasteiger partial charge in [0.25, 0.3) is 11.7 Å². The molecule has 1 saturated carbocycles. The van der Waals surface area contributed by atoms with Crippen molar-refractivity contribution in [2.24, 2.45) is 5.92 Å². The largest absolute Gasteiger partial charge is 0.376 e. The van der Waals surface area contributed by atoms with Gasteiger partial charge in [0.1, 0.15) is 0 Å². The smallest absolute Gasteiger partial charge is 0.291 e. The molecule has 1 aliphatic carbocycles. The molecule has 2 aromatic heterocycles. The lowest BCUT2D eigenvalue weighted by Crippen LogP contribution is -2.32. The lowest BCUT2D eigenvalue weighted by molar-refractivity contribution is -0.00296. The van der Waals surface area contributed by atoms with E-state index >= 15 is 0 Å². The Bertz CT molecular complexity index is 727. The maximum absolute atomic E-state index is 12.2. The predicted molar refractivity (Wildman–Crippen MR) is 90.0 cm³/mol. The van der Waals surface area contributed by atoms with E-state index in [1.807, 2.05) is 19.9 Å². The third kappa shape index (κ3) is 3.72. The summed E-state index contributed by atoms with van der Waals surface area (Å²) in [5.74, 6) is 0.900. The first-order valence-corrected chi connectivity index (χ1v) is 8.65. The monoisotopic (exact) mass is 331 g/mol. The molecule has 7 heteroatoms. The molecular formula is C17H25N5O2. The molecule has 24 heavy (non-hydrogen) atoms. The van der Waals surface area contributed by atoms with Gasteiger partial charge < -0.3 is 10.1 Å². The Labute approximate surface area is 141 Å². The highest BCUT2D eigenvalue weighted by Crippen LogP contribution is 2.25. The van der Waals surface area contributed by atoms with Gasteiger partial charge in [0.2, 0.25) is 5.82 Å². The molecule has 1 amide bonds. The zero-order valence-corrected chi connectivity index (χ0v) is 14.6. The number of rotatable bonds is 5. The van der Waals surface area contributed by atoms with E-state index in [1.165, 1.54) is 19.3 Å². The number of nitrogens with one attached hydrogen (secondary N) is 1. The van der Waals surface area contributed by atoms with Gasteiger partial charge in [0, 0.05) is 17.9 Å². The highest BCUT2D eigenvalue weighted by atomic mass is 16.5. The summed E-state index contributed by atoms with van der Waals surface area (Å²) >= 11 is 0. The number of carbonyl (C=O) groups excluding carboxylic acids is 1. The Balaban J connectivity index is 1.53. The van der Waals surface area contributed by atoms with Crippen molar-refractivity contribution in [3.8, 4) is 0 Å². The Kier molecular flexibility index (Phi) is 5.08. The molecule has 2 aromatic rings. The fourth-order valence-electron chi connectivity index (χ4n) is 3.25. The summed E-state index contributed by atoms with van der Waals surface area (Å²) in [7, 11) is 0. The van der Waals surface area contributed by atoms with Crippen LogP contribution >= 0.6 is 0 Å². The number of carbonyl (C=O) groups is 1. The fraction of sp³-hybridized carbons (Fsp3) is 0.647. The second-order valence-electron chi connectivity index (χ2n) is 6.61. The molecule has 0 radical (unpaired) electrons. The van der Waals surface area contributed by atoms with Gasteiger partial charge in [-0.3, -0.25) is 4.79 Å². The third-order valence-corrected chi connectivity index (χ3v) is 4.57. The molecule has 1 aliphatic rings. The molecule has 2 atom stereocenters. The predicted octanol–water partition coefficient (Wildman–Crippen LogP) is 2.07. The van der Waals surface area contributed by atoms with Crippen LogP contribution in [0.25, 0.3) is 5.78 Å². The number of hydrogen-bond donors (Lipinski definition) is 1. The number of aryl methyl sites for hydroxylation is 2. The second-order valence-corrected chi connectivity index (χ2v) is 6.61. The summed E-state index contributed by atoms with van der Waals surface area (Å²) < 4.78 is 7.49. The number of aromatic nitrogens is 4. The van der Waals surface area contributed by atoms with Crippen LogP contribution in [0.1, 0.15) is 54.6 Å². The van der Waals surface area contributed by atoms with Crippen LogP contribution in [0.5, 0.6) is 0 Å². The van der Waals surface area contributed by atoms with Gasteiger partial charge in [-0.15, -0.1) is 5.10 Å². The molecular weight excluding hydrogens is 306 g/mol.